The minimum absolute atomic E-state index is 0.339. The fraction of sp³-hybridized carbons (Fsp3) is 0.188. The molecule has 0 saturated heterocycles. The number of ether oxygens (including phenoxy) is 1. The zero-order valence-electron chi connectivity index (χ0n) is 10.8. The molecule has 0 bridgehead atoms. The van der Waals surface area contributed by atoms with Crippen molar-refractivity contribution in [3.8, 4) is 5.75 Å². The van der Waals surface area contributed by atoms with Crippen molar-refractivity contribution in [3.63, 3.8) is 0 Å². The highest BCUT2D eigenvalue weighted by molar-refractivity contribution is 5.38. The molecule has 0 saturated carbocycles. The maximum atomic E-state index is 10.1. The molecule has 96 valence electrons. The van der Waals surface area contributed by atoms with Crippen molar-refractivity contribution in [1.29, 1.82) is 0 Å². The van der Waals surface area contributed by atoms with Crippen LogP contribution in [0.25, 0.3) is 0 Å². The molecule has 3 heteroatoms. The standard InChI is InChI=1S/C16H15NO2/c1-13-7-8-15(10-17-12-18)9-16(13)19-11-14-5-3-2-4-6-14/h2-9H,10-11H2,1H3. The molecule has 0 aromatic heterocycles. The third kappa shape index (κ3) is 3.80. The second-order valence-electron chi connectivity index (χ2n) is 4.28. The largest absolute Gasteiger partial charge is 0.489 e. The Morgan fingerprint density at radius 3 is 2.63 bits per heavy atom. The van der Waals surface area contributed by atoms with Gasteiger partial charge in [0.15, 0.2) is 0 Å². The van der Waals surface area contributed by atoms with Gasteiger partial charge in [-0.3, -0.25) is 0 Å². The van der Waals surface area contributed by atoms with Gasteiger partial charge in [0.2, 0.25) is 6.08 Å². The van der Waals surface area contributed by atoms with Crippen LogP contribution in [0, 0.1) is 6.92 Å². The van der Waals surface area contributed by atoms with Crippen LogP contribution in [-0.4, -0.2) is 6.08 Å². The predicted molar refractivity (Wildman–Crippen MR) is 73.8 cm³/mol. The van der Waals surface area contributed by atoms with Gasteiger partial charge in [-0.25, -0.2) is 9.79 Å². The van der Waals surface area contributed by atoms with E-state index in [0.717, 1.165) is 22.4 Å². The van der Waals surface area contributed by atoms with Crippen LogP contribution in [0.3, 0.4) is 0 Å². The zero-order chi connectivity index (χ0) is 13.5. The highest BCUT2D eigenvalue weighted by Gasteiger charge is 2.02. The molecule has 2 aromatic rings. The molecule has 3 nitrogen and oxygen atoms in total. The summed E-state index contributed by atoms with van der Waals surface area (Å²) in [4.78, 5) is 13.7. The Bertz CT molecular complexity index is 587. The maximum Gasteiger partial charge on any atom is 0.235 e. The first-order valence-electron chi connectivity index (χ1n) is 6.09. The molecule has 19 heavy (non-hydrogen) atoms. The van der Waals surface area contributed by atoms with Crippen LogP contribution >= 0.6 is 0 Å². The second-order valence-corrected chi connectivity index (χ2v) is 4.28. The van der Waals surface area contributed by atoms with E-state index in [0.29, 0.717) is 13.2 Å². The van der Waals surface area contributed by atoms with Crippen molar-refractivity contribution < 1.29 is 9.53 Å². The van der Waals surface area contributed by atoms with Crippen molar-refractivity contribution in [2.45, 2.75) is 20.1 Å². The smallest absolute Gasteiger partial charge is 0.235 e. The van der Waals surface area contributed by atoms with Gasteiger partial charge >= 0.3 is 0 Å². The van der Waals surface area contributed by atoms with Gasteiger partial charge in [-0.1, -0.05) is 42.5 Å². The van der Waals surface area contributed by atoms with Gasteiger partial charge in [0.05, 0.1) is 6.54 Å². The van der Waals surface area contributed by atoms with Gasteiger partial charge < -0.3 is 4.74 Å². The lowest BCUT2D eigenvalue weighted by Crippen LogP contribution is -1.97. The van der Waals surface area contributed by atoms with Crippen molar-refractivity contribution in [1.82, 2.24) is 0 Å². The summed E-state index contributed by atoms with van der Waals surface area (Å²) in [5.41, 5.74) is 3.13. The summed E-state index contributed by atoms with van der Waals surface area (Å²) in [7, 11) is 0. The lowest BCUT2D eigenvalue weighted by atomic mass is 10.1. The summed E-state index contributed by atoms with van der Waals surface area (Å²) in [6.07, 6.45) is 1.54. The van der Waals surface area contributed by atoms with E-state index in [1.54, 1.807) is 6.08 Å². The molecule has 0 amide bonds. The SMILES string of the molecule is Cc1ccc(CN=C=O)cc1OCc1ccccc1. The Morgan fingerprint density at radius 2 is 1.89 bits per heavy atom. The summed E-state index contributed by atoms with van der Waals surface area (Å²) in [5, 5.41) is 0. The van der Waals surface area contributed by atoms with Crippen molar-refractivity contribution in [2.24, 2.45) is 4.99 Å². The number of aliphatic imine (C=N–C) groups is 1. The Hall–Kier alpha value is -2.38. The van der Waals surface area contributed by atoms with Gasteiger partial charge in [0.1, 0.15) is 12.4 Å². The summed E-state index contributed by atoms with van der Waals surface area (Å²) >= 11 is 0. The summed E-state index contributed by atoms with van der Waals surface area (Å²) in [6.45, 7) is 2.86. The first-order valence-corrected chi connectivity index (χ1v) is 6.09. The highest BCUT2D eigenvalue weighted by Crippen LogP contribution is 2.21. The number of hydrogen-bond acceptors (Lipinski definition) is 3. The van der Waals surface area contributed by atoms with E-state index >= 15 is 0 Å². The minimum atomic E-state index is 0.339. The number of isocyanates is 1. The average molecular weight is 253 g/mol. The summed E-state index contributed by atoms with van der Waals surface area (Å²) in [6, 6.07) is 15.8. The van der Waals surface area contributed by atoms with Gasteiger partial charge in [-0.15, -0.1) is 0 Å². The lowest BCUT2D eigenvalue weighted by Gasteiger charge is -2.10. The molecule has 0 unspecified atom stereocenters. The molecular weight excluding hydrogens is 238 g/mol. The van der Waals surface area contributed by atoms with Crippen LogP contribution in [0.2, 0.25) is 0 Å². The molecule has 0 aliphatic rings. The maximum absolute atomic E-state index is 10.1. The Kier molecular flexibility index (Phi) is 4.49. The van der Waals surface area contributed by atoms with Crippen LogP contribution in [0.5, 0.6) is 5.75 Å². The topological polar surface area (TPSA) is 38.7 Å². The second kappa shape index (κ2) is 6.53. The molecule has 0 aliphatic carbocycles. The quantitative estimate of drug-likeness (QED) is 0.605. The Balaban J connectivity index is 2.08. The normalized spacial score (nSPS) is 9.74. The van der Waals surface area contributed by atoms with E-state index in [4.69, 9.17) is 4.74 Å². The highest BCUT2D eigenvalue weighted by atomic mass is 16.5. The van der Waals surface area contributed by atoms with E-state index in [1.165, 1.54) is 0 Å². The molecule has 0 aliphatic heterocycles. The van der Waals surface area contributed by atoms with Crippen LogP contribution in [0.15, 0.2) is 53.5 Å². The number of benzene rings is 2. The van der Waals surface area contributed by atoms with Crippen molar-refractivity contribution in [3.05, 3.63) is 65.2 Å². The first kappa shape index (κ1) is 13.1. The summed E-state index contributed by atoms with van der Waals surface area (Å²) < 4.78 is 5.80. The number of nitrogens with zero attached hydrogens (tertiary/aromatic N) is 1. The van der Waals surface area contributed by atoms with Gasteiger partial charge in [0.25, 0.3) is 0 Å². The average Bonchev–Trinajstić information content (AvgIpc) is 2.46. The van der Waals surface area contributed by atoms with Crippen molar-refractivity contribution >= 4 is 6.08 Å². The third-order valence-electron chi connectivity index (χ3n) is 2.82. The fourth-order valence-electron chi connectivity index (χ4n) is 1.76. The monoisotopic (exact) mass is 253 g/mol. The van der Waals surface area contributed by atoms with Crippen molar-refractivity contribution in [2.75, 3.05) is 0 Å². The van der Waals surface area contributed by atoms with Gasteiger partial charge in [-0.05, 0) is 29.7 Å². The number of aryl methyl sites for hydroxylation is 1. The molecule has 0 N–H and O–H groups in total. The van der Waals surface area contributed by atoms with Crippen LogP contribution in [0.4, 0.5) is 0 Å². The number of hydrogen-bond donors (Lipinski definition) is 0. The van der Waals surface area contributed by atoms with Crippen LogP contribution in [-0.2, 0) is 17.9 Å². The molecule has 0 fully saturated rings. The predicted octanol–water partition coefficient (Wildman–Crippen LogP) is 3.41. The Morgan fingerprint density at radius 1 is 1.11 bits per heavy atom. The van der Waals surface area contributed by atoms with Gasteiger partial charge in [0, 0.05) is 0 Å². The zero-order valence-corrected chi connectivity index (χ0v) is 10.8. The fourth-order valence-corrected chi connectivity index (χ4v) is 1.76. The number of rotatable bonds is 5. The minimum Gasteiger partial charge on any atom is -0.489 e. The summed E-state index contributed by atoms with van der Waals surface area (Å²) in [5.74, 6) is 0.822. The molecule has 0 atom stereocenters. The van der Waals surface area contributed by atoms with Crippen LogP contribution < -0.4 is 4.74 Å². The van der Waals surface area contributed by atoms with E-state index in [9.17, 15) is 4.79 Å². The molecule has 2 aromatic carbocycles. The first-order chi connectivity index (χ1) is 9.29. The van der Waals surface area contributed by atoms with E-state index in [2.05, 4.69) is 4.99 Å². The molecule has 2 rings (SSSR count). The molecule has 0 heterocycles. The van der Waals surface area contributed by atoms with E-state index in [1.807, 2.05) is 55.5 Å². The number of carbonyl (C=O) groups excluding carboxylic acids is 1. The van der Waals surface area contributed by atoms with E-state index < -0.39 is 0 Å². The molecular formula is C16H15NO2. The third-order valence-corrected chi connectivity index (χ3v) is 2.82. The van der Waals surface area contributed by atoms with Crippen LogP contribution in [0.1, 0.15) is 16.7 Å². The molecule has 0 spiro atoms. The molecule has 0 radical (unpaired) electrons. The Labute approximate surface area is 112 Å². The lowest BCUT2D eigenvalue weighted by molar-refractivity contribution is 0.304. The van der Waals surface area contributed by atoms with Gasteiger partial charge in [-0.2, -0.15) is 0 Å². The van der Waals surface area contributed by atoms with E-state index in [-0.39, 0.29) is 0 Å².